The van der Waals surface area contributed by atoms with Gasteiger partial charge in [0, 0.05) is 18.7 Å². The maximum absolute atomic E-state index is 9.55. The van der Waals surface area contributed by atoms with Crippen molar-refractivity contribution < 1.29 is 34.4 Å². The largest absolute Gasteiger partial charge is 0.508 e. The Bertz CT molecular complexity index is 885. The lowest BCUT2D eigenvalue weighted by molar-refractivity contribution is -0.134. The molecule has 0 aliphatic carbocycles. The molecule has 0 saturated carbocycles. The van der Waals surface area contributed by atoms with E-state index in [-0.39, 0.29) is 5.75 Å². The average molecular weight is 427 g/mol. The molecule has 2 aromatic rings. The normalized spacial score (nSPS) is 21.7. The number of hydrogen-bond donors (Lipinski definition) is 3. The number of piperidine rings is 3. The number of carbonyl (C=O) groups is 2. The van der Waals surface area contributed by atoms with Gasteiger partial charge in [-0.1, -0.05) is 0 Å². The quantitative estimate of drug-likeness (QED) is 0.601. The summed E-state index contributed by atoms with van der Waals surface area (Å²) in [7, 11) is 0. The van der Waals surface area contributed by atoms with Gasteiger partial charge in [-0.2, -0.15) is 0 Å². The molecule has 1 atom stereocenters. The van der Waals surface area contributed by atoms with E-state index >= 15 is 0 Å². The first kappa shape index (κ1) is 22.2. The number of phenolic OH excluding ortho intramolecular Hbond substituents is 1. The average Bonchev–Trinajstić information content (AvgIpc) is 2.77. The Hall–Kier alpha value is -3.52. The number of ether oxygens (including phenoxy) is 2. The highest BCUT2D eigenvalue weighted by atomic mass is 16.5. The van der Waals surface area contributed by atoms with Crippen LogP contribution in [0, 0.1) is 5.92 Å². The van der Waals surface area contributed by atoms with Crippen LogP contribution in [0.3, 0.4) is 0 Å². The molecule has 5 rings (SSSR count). The van der Waals surface area contributed by atoms with Gasteiger partial charge >= 0.3 is 11.9 Å². The third-order valence-corrected chi connectivity index (χ3v) is 5.15. The van der Waals surface area contributed by atoms with E-state index in [0.29, 0.717) is 29.9 Å². The van der Waals surface area contributed by atoms with Gasteiger partial charge in [-0.25, -0.2) is 9.59 Å². The fourth-order valence-corrected chi connectivity index (χ4v) is 3.60. The van der Waals surface area contributed by atoms with Crippen molar-refractivity contribution in [3.8, 4) is 23.0 Å². The van der Waals surface area contributed by atoms with Gasteiger partial charge in [-0.15, -0.1) is 0 Å². The lowest BCUT2D eigenvalue weighted by Crippen LogP contribution is -2.52. The summed E-state index contributed by atoms with van der Waals surface area (Å²) in [6, 6.07) is 14.5. The summed E-state index contributed by atoms with van der Waals surface area (Å²) in [4.78, 5) is 21.6. The second-order valence-corrected chi connectivity index (χ2v) is 7.37. The maximum atomic E-state index is 9.55. The second kappa shape index (κ2) is 10.5. The molecule has 3 aliphatic rings. The number of nitrogens with zero attached hydrogens (tertiary/aromatic N) is 1. The molecular formula is C23H25NO7. The molecule has 3 aliphatic heterocycles. The molecule has 2 bridgehead atoms. The zero-order chi connectivity index (χ0) is 22.2. The molecule has 0 unspecified atom stereocenters. The van der Waals surface area contributed by atoms with Gasteiger partial charge in [0.2, 0.25) is 0 Å². The number of rotatable bonds is 6. The van der Waals surface area contributed by atoms with Gasteiger partial charge < -0.3 is 24.8 Å². The van der Waals surface area contributed by atoms with Gasteiger partial charge in [0.25, 0.3) is 0 Å². The molecular weight excluding hydrogens is 402 g/mol. The maximum Gasteiger partial charge on any atom is 0.328 e. The molecule has 2 aromatic carbocycles. The topological polar surface area (TPSA) is 117 Å². The first-order valence-corrected chi connectivity index (χ1v) is 9.99. The molecule has 31 heavy (non-hydrogen) atoms. The second-order valence-electron chi connectivity index (χ2n) is 7.37. The number of carboxylic acid groups (broad SMARTS) is 2. The molecule has 3 heterocycles. The van der Waals surface area contributed by atoms with Crippen LogP contribution in [0.2, 0.25) is 0 Å². The summed E-state index contributed by atoms with van der Waals surface area (Å²) in [5, 5.41) is 24.9. The highest BCUT2D eigenvalue weighted by molar-refractivity contribution is 5.89. The van der Waals surface area contributed by atoms with Crippen molar-refractivity contribution in [1.29, 1.82) is 0 Å². The summed E-state index contributed by atoms with van der Waals surface area (Å²) in [5.74, 6) is 0.791. The number of aliphatic carboxylic acids is 2. The number of benzene rings is 2. The summed E-state index contributed by atoms with van der Waals surface area (Å²) < 4.78 is 11.9. The first-order chi connectivity index (χ1) is 14.9. The molecule has 0 spiro atoms. The Labute approximate surface area is 180 Å². The Morgan fingerprint density at radius 2 is 1.32 bits per heavy atom. The van der Waals surface area contributed by atoms with Gasteiger partial charge in [-0.3, -0.25) is 4.90 Å². The molecule has 0 amide bonds. The predicted molar refractivity (Wildman–Crippen MR) is 113 cm³/mol. The van der Waals surface area contributed by atoms with Crippen LogP contribution in [0.1, 0.15) is 12.8 Å². The summed E-state index contributed by atoms with van der Waals surface area (Å²) in [6.45, 7) is 3.50. The molecule has 3 saturated heterocycles. The van der Waals surface area contributed by atoms with Gasteiger partial charge in [0.15, 0.2) is 0 Å². The first-order valence-electron chi connectivity index (χ1n) is 9.99. The molecule has 3 N–H and O–H groups in total. The van der Waals surface area contributed by atoms with Crippen molar-refractivity contribution in [3.63, 3.8) is 0 Å². The molecule has 0 aromatic heterocycles. The Morgan fingerprint density at radius 1 is 0.839 bits per heavy atom. The van der Waals surface area contributed by atoms with Crippen molar-refractivity contribution >= 4 is 11.9 Å². The highest BCUT2D eigenvalue weighted by Gasteiger charge is 2.35. The Kier molecular flexibility index (Phi) is 7.50. The fraction of sp³-hybridized carbons (Fsp3) is 0.304. The minimum absolute atomic E-state index is 0.235. The minimum Gasteiger partial charge on any atom is -0.508 e. The highest BCUT2D eigenvalue weighted by Crippen LogP contribution is 2.31. The van der Waals surface area contributed by atoms with Crippen molar-refractivity contribution in [1.82, 2.24) is 4.90 Å². The van der Waals surface area contributed by atoms with Crippen LogP contribution in [0.25, 0.3) is 0 Å². The molecule has 8 nitrogen and oxygen atoms in total. The number of hydrogen-bond acceptors (Lipinski definition) is 6. The Balaban J connectivity index is 0.000000293. The van der Waals surface area contributed by atoms with E-state index in [2.05, 4.69) is 4.90 Å². The van der Waals surface area contributed by atoms with E-state index in [1.165, 1.54) is 25.9 Å². The van der Waals surface area contributed by atoms with E-state index in [0.717, 1.165) is 18.0 Å². The zero-order valence-electron chi connectivity index (χ0n) is 16.9. The van der Waals surface area contributed by atoms with Crippen LogP contribution in [-0.2, 0) is 9.59 Å². The molecule has 8 heteroatoms. The minimum atomic E-state index is -1.26. The molecule has 164 valence electrons. The molecule has 3 fully saturated rings. The van der Waals surface area contributed by atoms with Crippen LogP contribution in [0.4, 0.5) is 0 Å². The fourth-order valence-electron chi connectivity index (χ4n) is 3.60. The number of aromatic hydroxyl groups is 1. The third-order valence-electron chi connectivity index (χ3n) is 5.15. The van der Waals surface area contributed by atoms with Gasteiger partial charge in [-0.05, 0) is 80.4 Å². The zero-order valence-corrected chi connectivity index (χ0v) is 16.9. The van der Waals surface area contributed by atoms with Crippen LogP contribution in [-0.4, -0.2) is 57.9 Å². The predicted octanol–water partition coefficient (Wildman–Crippen LogP) is 3.37. The van der Waals surface area contributed by atoms with E-state index in [1.807, 2.05) is 24.3 Å². The van der Waals surface area contributed by atoms with Crippen LogP contribution >= 0.6 is 0 Å². The SMILES string of the molecule is O=C(O)/C=C/C(=O)O.Oc1ccc(Oc2ccc(O[C@H]3CN4CCC3CC4)cc2)cc1. The van der Waals surface area contributed by atoms with E-state index in [9.17, 15) is 14.7 Å². The Morgan fingerprint density at radius 3 is 1.77 bits per heavy atom. The van der Waals surface area contributed by atoms with Gasteiger partial charge in [0.1, 0.15) is 29.1 Å². The summed E-state index contributed by atoms with van der Waals surface area (Å²) in [5.41, 5.74) is 0. The van der Waals surface area contributed by atoms with Crippen molar-refractivity contribution in [2.24, 2.45) is 5.92 Å². The summed E-state index contributed by atoms with van der Waals surface area (Å²) in [6.07, 6.45) is 3.95. The van der Waals surface area contributed by atoms with Crippen LogP contribution in [0.15, 0.2) is 60.7 Å². The van der Waals surface area contributed by atoms with E-state index in [1.54, 1.807) is 24.3 Å². The smallest absolute Gasteiger partial charge is 0.328 e. The monoisotopic (exact) mass is 427 g/mol. The van der Waals surface area contributed by atoms with Gasteiger partial charge in [0.05, 0.1) is 0 Å². The number of carboxylic acids is 2. The van der Waals surface area contributed by atoms with Crippen molar-refractivity contribution in [2.45, 2.75) is 18.9 Å². The number of phenols is 1. The van der Waals surface area contributed by atoms with Crippen molar-refractivity contribution in [2.75, 3.05) is 19.6 Å². The molecule has 0 radical (unpaired) electrons. The lowest BCUT2D eigenvalue weighted by Gasteiger charge is -2.44. The summed E-state index contributed by atoms with van der Waals surface area (Å²) >= 11 is 0. The number of fused-ring (bicyclic) bond motifs is 3. The third kappa shape index (κ3) is 7.04. The van der Waals surface area contributed by atoms with Crippen molar-refractivity contribution in [3.05, 3.63) is 60.7 Å². The lowest BCUT2D eigenvalue weighted by atomic mass is 9.86. The van der Waals surface area contributed by atoms with E-state index in [4.69, 9.17) is 19.7 Å². The van der Waals surface area contributed by atoms with E-state index < -0.39 is 11.9 Å². The van der Waals surface area contributed by atoms with Crippen LogP contribution in [0.5, 0.6) is 23.0 Å². The standard InChI is InChI=1S/C19H21NO3.C4H4O4/c21-15-1-3-16(4-2-15)22-17-5-7-18(8-6-17)23-19-13-20-11-9-14(19)10-12-20;5-3(6)1-2-4(7)8/h1-8,14,19,21H,9-13H2;1-2H,(H,5,6)(H,7,8)/b;2-1+/t19-;/m0./s1. The van der Waals surface area contributed by atoms with Crippen LogP contribution < -0.4 is 9.47 Å².